The molecule has 16 heteroatoms. The highest BCUT2D eigenvalue weighted by Crippen LogP contribution is 2.49. The number of methoxy groups -OCH3 is 1. The third kappa shape index (κ3) is 4.97. The van der Waals surface area contributed by atoms with Gasteiger partial charge in [-0.05, 0) is 50.1 Å². The Labute approximate surface area is 262 Å². The molecular weight excluding hydrogens is 641 g/mol. The van der Waals surface area contributed by atoms with Crippen LogP contribution in [0.25, 0.3) is 22.2 Å². The van der Waals surface area contributed by atoms with Crippen molar-refractivity contribution in [3.63, 3.8) is 0 Å². The summed E-state index contributed by atoms with van der Waals surface area (Å²) in [6.45, 7) is -0.690. The van der Waals surface area contributed by atoms with E-state index in [9.17, 15) is 32.3 Å². The lowest BCUT2D eigenvalue weighted by Gasteiger charge is -2.31. The van der Waals surface area contributed by atoms with Crippen molar-refractivity contribution in [2.24, 2.45) is 5.73 Å². The molecule has 1 fully saturated rings. The summed E-state index contributed by atoms with van der Waals surface area (Å²) < 4.78 is 86.3. The molecule has 242 valence electrons. The molecule has 2 amide bonds. The van der Waals surface area contributed by atoms with Gasteiger partial charge in [0.25, 0.3) is 5.91 Å². The molecular formula is C30H25ClF5N5O5. The summed E-state index contributed by atoms with van der Waals surface area (Å²) in [6.07, 6.45) is -1.94. The van der Waals surface area contributed by atoms with Gasteiger partial charge in [0.2, 0.25) is 11.5 Å². The fourth-order valence-electron chi connectivity index (χ4n) is 5.29. The van der Waals surface area contributed by atoms with Crippen molar-refractivity contribution in [3.8, 4) is 22.8 Å². The highest BCUT2D eigenvalue weighted by Gasteiger charge is 2.58. The maximum atomic E-state index is 15.1. The number of aliphatic hydroxyl groups is 1. The Balaban J connectivity index is 1.44. The number of carbonyl (C=O) groups is 2. The lowest BCUT2D eigenvalue weighted by atomic mass is 9.81. The smallest absolute Gasteiger partial charge is 0.424 e. The van der Waals surface area contributed by atoms with Gasteiger partial charge in [-0.1, -0.05) is 11.6 Å². The number of primary amides is 1. The number of pyridine rings is 1. The molecule has 4 N–H and O–H groups in total. The quantitative estimate of drug-likeness (QED) is 0.183. The van der Waals surface area contributed by atoms with E-state index in [1.54, 1.807) is 10.9 Å². The lowest BCUT2D eigenvalue weighted by Crippen LogP contribution is -2.51. The van der Waals surface area contributed by atoms with E-state index < -0.39 is 75.8 Å². The minimum atomic E-state index is -5.50. The van der Waals surface area contributed by atoms with Gasteiger partial charge in [0.1, 0.15) is 34.7 Å². The normalized spacial score (nSPS) is 19.0. The molecule has 0 spiro atoms. The zero-order valence-electron chi connectivity index (χ0n) is 24.1. The number of nitrogens with zero attached hydrogens (tertiary/aromatic N) is 3. The Bertz CT molecular complexity index is 1930. The summed E-state index contributed by atoms with van der Waals surface area (Å²) in [4.78, 5) is 29.5. The standard InChI is InChI=1S/C30H25ClF5N5O5/c1-28(27(37)43)12-46-25-16(28)9-20(39-24(25)21-17(31)5-6-18(32)22(21)33)29(44,30(34,35)36)11-38-26(42)13-7-14-10-41(15-3-4-15)40-23(14)19(8-13)45-2/h5-10,15,44H,3-4,11-12H2,1-2H3,(H2,37,43)(H,38,42)/t28-,29?/m0/s1. The van der Waals surface area contributed by atoms with Crippen molar-refractivity contribution in [1.82, 2.24) is 20.1 Å². The molecule has 46 heavy (non-hydrogen) atoms. The van der Waals surface area contributed by atoms with E-state index in [0.717, 1.165) is 25.0 Å². The van der Waals surface area contributed by atoms with E-state index >= 15 is 4.39 Å². The number of halogens is 6. The van der Waals surface area contributed by atoms with Crippen LogP contribution in [0.4, 0.5) is 22.0 Å². The van der Waals surface area contributed by atoms with E-state index in [1.807, 2.05) is 0 Å². The van der Waals surface area contributed by atoms with E-state index in [1.165, 1.54) is 26.2 Å². The fraction of sp³-hybridized carbons (Fsp3) is 0.333. The summed E-state index contributed by atoms with van der Waals surface area (Å²) in [7, 11) is 1.35. The number of ether oxygens (including phenoxy) is 2. The molecule has 2 aromatic heterocycles. The first-order valence-electron chi connectivity index (χ1n) is 13.9. The van der Waals surface area contributed by atoms with Crippen LogP contribution in [0.15, 0.2) is 36.5 Å². The van der Waals surface area contributed by atoms with Gasteiger partial charge in [-0.25, -0.2) is 13.8 Å². The monoisotopic (exact) mass is 665 g/mol. The average Bonchev–Trinajstić information content (AvgIpc) is 3.67. The Morgan fingerprint density at radius 3 is 2.59 bits per heavy atom. The van der Waals surface area contributed by atoms with Crippen molar-refractivity contribution < 1.29 is 46.1 Å². The first kappa shape index (κ1) is 31.5. The van der Waals surface area contributed by atoms with Crippen LogP contribution in [0.3, 0.4) is 0 Å². The van der Waals surface area contributed by atoms with Crippen molar-refractivity contribution in [2.45, 2.75) is 43.0 Å². The zero-order chi connectivity index (χ0) is 33.3. The van der Waals surface area contributed by atoms with Gasteiger partial charge in [-0.3, -0.25) is 14.3 Å². The summed E-state index contributed by atoms with van der Waals surface area (Å²) >= 11 is 6.13. The average molecular weight is 666 g/mol. The molecule has 2 aliphatic rings. The van der Waals surface area contributed by atoms with Crippen molar-refractivity contribution >= 4 is 34.3 Å². The van der Waals surface area contributed by atoms with Crippen LogP contribution in [-0.4, -0.2) is 58.1 Å². The Hall–Kier alpha value is -4.50. The maximum Gasteiger partial charge on any atom is 0.424 e. The number of nitrogens with two attached hydrogens (primary N) is 1. The summed E-state index contributed by atoms with van der Waals surface area (Å²) in [5, 5.41) is 17.9. The minimum Gasteiger partial charge on any atom is -0.494 e. The summed E-state index contributed by atoms with van der Waals surface area (Å²) in [6, 6.07) is 5.31. The van der Waals surface area contributed by atoms with Crippen LogP contribution < -0.4 is 20.5 Å². The van der Waals surface area contributed by atoms with Gasteiger partial charge >= 0.3 is 6.18 Å². The summed E-state index contributed by atoms with van der Waals surface area (Å²) in [5.41, 5.74) is -2.68. The lowest BCUT2D eigenvalue weighted by molar-refractivity contribution is -0.265. The Morgan fingerprint density at radius 1 is 1.24 bits per heavy atom. The largest absolute Gasteiger partial charge is 0.494 e. The van der Waals surface area contributed by atoms with Crippen molar-refractivity contribution in [3.05, 3.63) is 70.0 Å². The number of amides is 2. The number of nitrogens with one attached hydrogen (secondary N) is 1. The van der Waals surface area contributed by atoms with Gasteiger partial charge in [-0.2, -0.15) is 18.3 Å². The molecule has 0 bridgehead atoms. The number of hydrogen-bond donors (Lipinski definition) is 3. The number of benzene rings is 2. The van der Waals surface area contributed by atoms with Crippen molar-refractivity contribution in [1.29, 1.82) is 0 Å². The third-order valence-electron chi connectivity index (χ3n) is 8.29. The molecule has 6 rings (SSSR count). The number of rotatable bonds is 8. The maximum absolute atomic E-state index is 15.1. The first-order chi connectivity index (χ1) is 21.6. The van der Waals surface area contributed by atoms with Crippen LogP contribution in [0, 0.1) is 11.6 Å². The molecule has 1 aliphatic carbocycles. The van der Waals surface area contributed by atoms with Crippen LogP contribution in [0.5, 0.6) is 11.5 Å². The predicted molar refractivity (Wildman–Crippen MR) is 153 cm³/mol. The molecule has 2 aromatic carbocycles. The second kappa shape index (κ2) is 10.8. The molecule has 0 saturated heterocycles. The zero-order valence-corrected chi connectivity index (χ0v) is 24.9. The number of carbonyl (C=O) groups excluding carboxylic acids is 2. The van der Waals surface area contributed by atoms with Gasteiger partial charge < -0.3 is 25.6 Å². The Kier molecular flexibility index (Phi) is 7.39. The number of hydrogen-bond acceptors (Lipinski definition) is 7. The second-order valence-corrected chi connectivity index (χ2v) is 11.8. The van der Waals surface area contributed by atoms with Gasteiger partial charge in [0, 0.05) is 22.7 Å². The molecule has 3 heterocycles. The molecule has 0 radical (unpaired) electrons. The number of aromatic nitrogens is 3. The van der Waals surface area contributed by atoms with Crippen LogP contribution >= 0.6 is 11.6 Å². The topological polar surface area (TPSA) is 142 Å². The highest BCUT2D eigenvalue weighted by molar-refractivity contribution is 6.33. The van der Waals surface area contributed by atoms with Crippen LogP contribution in [-0.2, 0) is 15.8 Å². The van der Waals surface area contributed by atoms with E-state index in [2.05, 4.69) is 15.4 Å². The minimum absolute atomic E-state index is 0.0878. The SMILES string of the molecule is COc1cc(C(=O)NCC(O)(c2cc3c(c(-c4c(Cl)ccc(F)c4F)n2)OC[C@]3(C)C(N)=O)C(F)(F)F)cc2cn(C3CC3)nc12. The van der Waals surface area contributed by atoms with E-state index in [-0.39, 0.29) is 28.7 Å². The summed E-state index contributed by atoms with van der Waals surface area (Å²) in [5.74, 6) is -5.15. The van der Waals surface area contributed by atoms with Crippen molar-refractivity contribution in [2.75, 3.05) is 20.3 Å². The number of alkyl halides is 3. The second-order valence-electron chi connectivity index (χ2n) is 11.4. The van der Waals surface area contributed by atoms with E-state index in [4.69, 9.17) is 26.8 Å². The van der Waals surface area contributed by atoms with Crippen LogP contribution in [0.1, 0.15) is 47.4 Å². The third-order valence-corrected chi connectivity index (χ3v) is 8.60. The number of fused-ring (bicyclic) bond motifs is 2. The van der Waals surface area contributed by atoms with Gasteiger partial charge in [0.15, 0.2) is 11.6 Å². The van der Waals surface area contributed by atoms with E-state index in [0.29, 0.717) is 17.0 Å². The molecule has 1 saturated carbocycles. The van der Waals surface area contributed by atoms with Gasteiger partial charge in [0.05, 0.1) is 36.0 Å². The molecule has 10 nitrogen and oxygen atoms in total. The highest BCUT2D eigenvalue weighted by atomic mass is 35.5. The van der Waals surface area contributed by atoms with Crippen LogP contribution in [0.2, 0.25) is 5.02 Å². The first-order valence-corrected chi connectivity index (χ1v) is 14.2. The molecule has 4 aromatic rings. The Morgan fingerprint density at radius 2 is 1.96 bits per heavy atom. The fourth-order valence-corrected chi connectivity index (χ4v) is 5.53. The molecule has 2 atom stereocenters. The van der Waals surface area contributed by atoms with Gasteiger partial charge in [-0.15, -0.1) is 0 Å². The predicted octanol–water partition coefficient (Wildman–Crippen LogP) is 4.69. The molecule has 1 aliphatic heterocycles. The molecule has 1 unspecified atom stereocenters.